The zero-order chi connectivity index (χ0) is 15.1. The topological polar surface area (TPSA) is 43.8 Å². The number of nitrogens with two attached hydrogens (primary N) is 1. The van der Waals surface area contributed by atoms with E-state index in [2.05, 4.69) is 37.5 Å². The van der Waals surface area contributed by atoms with E-state index in [1.165, 1.54) is 41.7 Å². The molecule has 1 aliphatic carbocycles. The van der Waals surface area contributed by atoms with Crippen molar-refractivity contribution < 1.29 is 0 Å². The van der Waals surface area contributed by atoms with Crippen molar-refractivity contribution in [2.24, 2.45) is 11.7 Å². The molecule has 1 aromatic carbocycles. The molecule has 4 heteroatoms. The Kier molecular flexibility index (Phi) is 3.74. The molecule has 0 spiro atoms. The van der Waals surface area contributed by atoms with Crippen molar-refractivity contribution in [2.75, 3.05) is 0 Å². The van der Waals surface area contributed by atoms with E-state index < -0.39 is 0 Å². The first kappa shape index (κ1) is 14.5. The molecule has 1 aromatic heterocycles. The molecular weight excluding hydrogens is 278 g/mol. The largest absolute Gasteiger partial charge is 0.393 e. The fraction of sp³-hybridized carbons (Fsp3) is 0.529. The lowest BCUT2D eigenvalue weighted by Gasteiger charge is -2.26. The highest BCUT2D eigenvalue weighted by molar-refractivity contribution is 7.80. The number of thiocarbonyl (C=S) groups is 1. The molecule has 1 fully saturated rings. The van der Waals surface area contributed by atoms with Crippen LogP contribution in [0.2, 0.25) is 0 Å². The standard InChI is InChI=1S/C17H23N3S/c1-10-7-14-15(8-11(10)2)20(9-12(3)16(18)21)17(19-14)13-5-4-6-13/h7-8,12-13H,4-6,9H2,1-3H3,(H2,18,21). The summed E-state index contributed by atoms with van der Waals surface area (Å²) in [5.74, 6) is 2.03. The predicted molar refractivity (Wildman–Crippen MR) is 91.7 cm³/mol. The maximum atomic E-state index is 5.82. The zero-order valence-electron chi connectivity index (χ0n) is 13.0. The third-order valence-corrected chi connectivity index (χ3v) is 5.21. The fourth-order valence-corrected chi connectivity index (χ4v) is 3.01. The highest BCUT2D eigenvalue weighted by atomic mass is 32.1. The molecular formula is C17H23N3S. The molecule has 2 N–H and O–H groups in total. The monoisotopic (exact) mass is 301 g/mol. The van der Waals surface area contributed by atoms with Gasteiger partial charge in [-0.3, -0.25) is 0 Å². The minimum absolute atomic E-state index is 0.192. The van der Waals surface area contributed by atoms with E-state index in [4.69, 9.17) is 22.9 Å². The van der Waals surface area contributed by atoms with Gasteiger partial charge in [0.05, 0.1) is 16.0 Å². The Hall–Kier alpha value is -1.42. The molecule has 1 aliphatic rings. The maximum absolute atomic E-state index is 5.82. The van der Waals surface area contributed by atoms with Crippen LogP contribution < -0.4 is 5.73 Å². The van der Waals surface area contributed by atoms with Crippen LogP contribution in [0, 0.1) is 19.8 Å². The van der Waals surface area contributed by atoms with Crippen molar-refractivity contribution in [1.82, 2.24) is 9.55 Å². The molecule has 0 saturated heterocycles. The molecule has 3 nitrogen and oxygen atoms in total. The Morgan fingerprint density at radius 3 is 2.62 bits per heavy atom. The van der Waals surface area contributed by atoms with Gasteiger partial charge in [-0.1, -0.05) is 25.6 Å². The second-order valence-electron chi connectivity index (χ2n) is 6.44. The van der Waals surface area contributed by atoms with Gasteiger partial charge in [0.25, 0.3) is 0 Å². The van der Waals surface area contributed by atoms with Crippen molar-refractivity contribution in [3.8, 4) is 0 Å². The maximum Gasteiger partial charge on any atom is 0.113 e. The van der Waals surface area contributed by atoms with Gasteiger partial charge >= 0.3 is 0 Å². The third-order valence-electron chi connectivity index (χ3n) is 4.81. The fourth-order valence-electron chi connectivity index (χ4n) is 2.93. The summed E-state index contributed by atoms with van der Waals surface area (Å²) in [5.41, 5.74) is 10.8. The molecule has 1 saturated carbocycles. The first-order chi connectivity index (χ1) is 9.97. The van der Waals surface area contributed by atoms with Crippen molar-refractivity contribution >= 4 is 28.2 Å². The molecule has 21 heavy (non-hydrogen) atoms. The quantitative estimate of drug-likeness (QED) is 0.873. The Morgan fingerprint density at radius 2 is 2.05 bits per heavy atom. The van der Waals surface area contributed by atoms with Gasteiger partial charge in [-0.05, 0) is 49.9 Å². The second kappa shape index (κ2) is 5.41. The number of aromatic nitrogens is 2. The summed E-state index contributed by atoms with van der Waals surface area (Å²) < 4.78 is 2.36. The number of hydrogen-bond donors (Lipinski definition) is 1. The third kappa shape index (κ3) is 2.57. The number of aryl methyl sites for hydroxylation is 2. The van der Waals surface area contributed by atoms with Gasteiger partial charge in [0.2, 0.25) is 0 Å². The number of imidazole rings is 1. The number of benzene rings is 1. The minimum atomic E-state index is 0.192. The van der Waals surface area contributed by atoms with Crippen molar-refractivity contribution in [3.63, 3.8) is 0 Å². The number of rotatable bonds is 4. The predicted octanol–water partition coefficient (Wildman–Crippen LogP) is 3.84. The van der Waals surface area contributed by atoms with Crippen LogP contribution in [0.1, 0.15) is 49.1 Å². The molecule has 3 rings (SSSR count). The summed E-state index contributed by atoms with van der Waals surface area (Å²) in [4.78, 5) is 5.51. The number of hydrogen-bond acceptors (Lipinski definition) is 2. The highest BCUT2D eigenvalue weighted by Crippen LogP contribution is 2.37. The lowest BCUT2D eigenvalue weighted by atomic mass is 9.84. The first-order valence-electron chi connectivity index (χ1n) is 7.74. The summed E-state index contributed by atoms with van der Waals surface area (Å²) >= 11 is 5.16. The van der Waals surface area contributed by atoms with E-state index in [1.54, 1.807) is 0 Å². The summed E-state index contributed by atoms with van der Waals surface area (Å²) in [6, 6.07) is 4.46. The lowest BCUT2D eigenvalue weighted by Crippen LogP contribution is -2.25. The molecule has 0 radical (unpaired) electrons. The Labute approximate surface area is 131 Å². The van der Waals surface area contributed by atoms with Gasteiger partial charge in [0, 0.05) is 18.4 Å². The summed E-state index contributed by atoms with van der Waals surface area (Å²) in [5, 5.41) is 0. The second-order valence-corrected chi connectivity index (χ2v) is 6.91. The van der Waals surface area contributed by atoms with Gasteiger partial charge in [-0.2, -0.15) is 0 Å². The van der Waals surface area contributed by atoms with E-state index in [9.17, 15) is 0 Å². The average molecular weight is 301 g/mol. The summed E-state index contributed by atoms with van der Waals surface area (Å²) in [6.45, 7) is 7.24. The van der Waals surface area contributed by atoms with E-state index in [1.807, 2.05) is 0 Å². The summed E-state index contributed by atoms with van der Waals surface area (Å²) in [7, 11) is 0. The molecule has 0 aliphatic heterocycles. The van der Waals surface area contributed by atoms with Crippen molar-refractivity contribution in [2.45, 2.75) is 52.5 Å². The van der Waals surface area contributed by atoms with Gasteiger partial charge in [0.15, 0.2) is 0 Å². The SMILES string of the molecule is Cc1cc2nc(C3CCC3)n(CC(C)C(N)=S)c2cc1C. The van der Waals surface area contributed by atoms with Crippen LogP contribution in [0.3, 0.4) is 0 Å². The van der Waals surface area contributed by atoms with Gasteiger partial charge in [-0.25, -0.2) is 4.98 Å². The molecule has 0 amide bonds. The van der Waals surface area contributed by atoms with E-state index in [-0.39, 0.29) is 5.92 Å². The normalized spacial score (nSPS) is 16.9. The van der Waals surface area contributed by atoms with Crippen LogP contribution in [-0.2, 0) is 6.54 Å². The Bertz CT molecular complexity index is 698. The van der Waals surface area contributed by atoms with Crippen LogP contribution >= 0.6 is 12.2 Å². The highest BCUT2D eigenvalue weighted by Gasteiger charge is 2.26. The van der Waals surface area contributed by atoms with E-state index in [0.717, 1.165) is 12.1 Å². The van der Waals surface area contributed by atoms with Crippen LogP contribution in [0.4, 0.5) is 0 Å². The Balaban J connectivity index is 2.12. The average Bonchev–Trinajstić information content (AvgIpc) is 2.66. The van der Waals surface area contributed by atoms with Crippen LogP contribution in [0.25, 0.3) is 11.0 Å². The van der Waals surface area contributed by atoms with Crippen LogP contribution in [0.5, 0.6) is 0 Å². The number of nitrogens with zero attached hydrogens (tertiary/aromatic N) is 2. The van der Waals surface area contributed by atoms with Gasteiger partial charge in [-0.15, -0.1) is 0 Å². The van der Waals surface area contributed by atoms with Gasteiger partial charge in [0.1, 0.15) is 5.82 Å². The molecule has 1 heterocycles. The smallest absolute Gasteiger partial charge is 0.113 e. The van der Waals surface area contributed by atoms with Crippen LogP contribution in [0.15, 0.2) is 12.1 Å². The molecule has 1 atom stereocenters. The van der Waals surface area contributed by atoms with Crippen LogP contribution in [-0.4, -0.2) is 14.5 Å². The summed E-state index contributed by atoms with van der Waals surface area (Å²) in [6.07, 6.45) is 3.82. The number of fused-ring (bicyclic) bond motifs is 1. The molecule has 2 aromatic rings. The first-order valence-corrected chi connectivity index (χ1v) is 8.15. The van der Waals surface area contributed by atoms with Gasteiger partial charge < -0.3 is 10.3 Å². The van der Waals surface area contributed by atoms with E-state index in [0.29, 0.717) is 10.9 Å². The zero-order valence-corrected chi connectivity index (χ0v) is 13.8. The molecule has 0 bridgehead atoms. The minimum Gasteiger partial charge on any atom is -0.393 e. The molecule has 1 unspecified atom stereocenters. The lowest BCUT2D eigenvalue weighted by molar-refractivity contribution is 0.384. The Morgan fingerprint density at radius 1 is 1.38 bits per heavy atom. The van der Waals surface area contributed by atoms with E-state index >= 15 is 0 Å². The van der Waals surface area contributed by atoms with Crippen molar-refractivity contribution in [1.29, 1.82) is 0 Å². The molecule has 112 valence electrons. The van der Waals surface area contributed by atoms with Crippen molar-refractivity contribution in [3.05, 3.63) is 29.1 Å².